The maximum atomic E-state index is 8.76. The lowest BCUT2D eigenvalue weighted by atomic mass is 10.3. The van der Waals surface area contributed by atoms with Gasteiger partial charge in [0.25, 0.3) is 5.89 Å². The molecule has 0 saturated heterocycles. The summed E-state index contributed by atoms with van der Waals surface area (Å²) in [5.41, 5.74) is 1.40. The van der Waals surface area contributed by atoms with E-state index < -0.39 is 0 Å². The molecular formula is C12H5Cl2N5O. The van der Waals surface area contributed by atoms with Crippen LogP contribution in [-0.2, 0) is 0 Å². The predicted molar refractivity (Wildman–Crippen MR) is 72.1 cm³/mol. The largest absolute Gasteiger partial charge is 0.352 e. The van der Waals surface area contributed by atoms with Gasteiger partial charge < -0.3 is 9.51 Å². The van der Waals surface area contributed by atoms with Gasteiger partial charge in [0.05, 0.1) is 15.6 Å². The molecule has 0 atom stereocenters. The van der Waals surface area contributed by atoms with E-state index in [0.29, 0.717) is 27.0 Å². The van der Waals surface area contributed by atoms with Gasteiger partial charge in [0, 0.05) is 12.4 Å². The van der Waals surface area contributed by atoms with E-state index in [0.717, 1.165) is 0 Å². The number of hydrogen-bond donors (Lipinski definition) is 1. The zero-order valence-corrected chi connectivity index (χ0v) is 11.3. The average molecular weight is 306 g/mol. The van der Waals surface area contributed by atoms with Crippen molar-refractivity contribution in [3.63, 3.8) is 0 Å². The Morgan fingerprint density at radius 3 is 2.85 bits per heavy atom. The third-order valence-corrected chi connectivity index (χ3v) is 2.99. The van der Waals surface area contributed by atoms with E-state index >= 15 is 0 Å². The van der Waals surface area contributed by atoms with Gasteiger partial charge in [-0.15, -0.1) is 0 Å². The normalized spacial score (nSPS) is 10.4. The van der Waals surface area contributed by atoms with Crippen molar-refractivity contribution in [2.45, 2.75) is 0 Å². The third kappa shape index (κ3) is 2.25. The number of pyridine rings is 1. The number of nitrogens with zero attached hydrogens (tertiary/aromatic N) is 4. The molecule has 6 nitrogen and oxygen atoms in total. The van der Waals surface area contributed by atoms with E-state index in [1.807, 2.05) is 6.07 Å². The van der Waals surface area contributed by atoms with E-state index in [1.54, 1.807) is 18.3 Å². The molecule has 8 heteroatoms. The number of nitrogens with one attached hydrogen (secondary N) is 1. The molecule has 0 radical (unpaired) electrons. The zero-order chi connectivity index (χ0) is 14.1. The summed E-state index contributed by atoms with van der Waals surface area (Å²) in [6.45, 7) is 0. The Morgan fingerprint density at radius 2 is 2.15 bits per heavy atom. The quantitative estimate of drug-likeness (QED) is 0.784. The van der Waals surface area contributed by atoms with Crippen molar-refractivity contribution in [1.82, 2.24) is 20.1 Å². The van der Waals surface area contributed by atoms with Gasteiger partial charge in [-0.2, -0.15) is 10.2 Å². The predicted octanol–water partition coefficient (Wildman–Crippen LogP) is 3.31. The second-order valence-electron chi connectivity index (χ2n) is 3.82. The van der Waals surface area contributed by atoms with Crippen molar-refractivity contribution in [3.8, 4) is 29.0 Å². The lowest BCUT2D eigenvalue weighted by Gasteiger charge is -1.97. The highest BCUT2D eigenvalue weighted by Gasteiger charge is 2.15. The molecule has 0 unspecified atom stereocenters. The average Bonchev–Trinajstić information content (AvgIpc) is 3.07. The molecule has 0 bridgehead atoms. The van der Waals surface area contributed by atoms with Gasteiger partial charge in [-0.25, -0.2) is 4.98 Å². The summed E-state index contributed by atoms with van der Waals surface area (Å²) in [6.07, 6.45) is 3.05. The summed E-state index contributed by atoms with van der Waals surface area (Å²) in [4.78, 5) is 11.0. The van der Waals surface area contributed by atoms with Gasteiger partial charge in [-0.1, -0.05) is 28.4 Å². The van der Waals surface area contributed by atoms with Crippen LogP contribution in [0.5, 0.6) is 0 Å². The molecule has 3 rings (SSSR count). The van der Waals surface area contributed by atoms with Crippen LogP contribution in [0.25, 0.3) is 23.0 Å². The summed E-state index contributed by atoms with van der Waals surface area (Å²) in [7, 11) is 0. The molecule has 3 aromatic heterocycles. The summed E-state index contributed by atoms with van der Waals surface area (Å²) >= 11 is 11.8. The Morgan fingerprint density at radius 1 is 1.30 bits per heavy atom. The van der Waals surface area contributed by atoms with Gasteiger partial charge in [-0.3, -0.25) is 0 Å². The lowest BCUT2D eigenvalue weighted by Crippen LogP contribution is -1.87. The molecule has 0 aliphatic carbocycles. The molecule has 3 heterocycles. The molecule has 20 heavy (non-hydrogen) atoms. The summed E-state index contributed by atoms with van der Waals surface area (Å²) in [5, 5.41) is 13.3. The van der Waals surface area contributed by atoms with Crippen molar-refractivity contribution in [2.75, 3.05) is 0 Å². The first-order valence-electron chi connectivity index (χ1n) is 5.41. The number of halogens is 2. The minimum Gasteiger partial charge on any atom is -0.352 e. The Hall–Kier alpha value is -2.36. The number of rotatable bonds is 2. The minimum absolute atomic E-state index is 0.251. The van der Waals surface area contributed by atoms with Crippen LogP contribution in [0.4, 0.5) is 0 Å². The van der Waals surface area contributed by atoms with E-state index in [-0.39, 0.29) is 11.7 Å². The van der Waals surface area contributed by atoms with Crippen LogP contribution < -0.4 is 0 Å². The molecular weight excluding hydrogens is 301 g/mol. The standard InChI is InChI=1S/C12H5Cl2N5O/c13-7-2-9(14)10(17-5-7)11-18-12(20-19-11)6-1-8(3-15)16-4-6/h1-2,4-5,16H. The SMILES string of the molecule is N#Cc1cc(-c2nc(-c3ncc(Cl)cc3Cl)no2)c[nH]1. The molecule has 0 saturated carbocycles. The topological polar surface area (TPSA) is 91.4 Å². The van der Waals surface area contributed by atoms with Crippen molar-refractivity contribution < 1.29 is 4.52 Å². The van der Waals surface area contributed by atoms with Crippen molar-refractivity contribution >= 4 is 23.2 Å². The summed E-state index contributed by atoms with van der Waals surface area (Å²) in [6, 6.07) is 5.13. The molecule has 0 aliphatic heterocycles. The monoisotopic (exact) mass is 305 g/mol. The first-order valence-corrected chi connectivity index (χ1v) is 6.17. The van der Waals surface area contributed by atoms with Crippen LogP contribution in [0.1, 0.15) is 5.69 Å². The maximum absolute atomic E-state index is 8.76. The van der Waals surface area contributed by atoms with Crippen LogP contribution >= 0.6 is 23.2 Å². The molecule has 0 amide bonds. The van der Waals surface area contributed by atoms with E-state index in [2.05, 4.69) is 20.1 Å². The third-order valence-electron chi connectivity index (χ3n) is 2.50. The molecule has 98 valence electrons. The second-order valence-corrected chi connectivity index (χ2v) is 4.66. The number of hydrogen-bond acceptors (Lipinski definition) is 5. The fourth-order valence-electron chi connectivity index (χ4n) is 1.60. The molecule has 0 fully saturated rings. The smallest absolute Gasteiger partial charge is 0.259 e. The number of H-pyrrole nitrogens is 1. The lowest BCUT2D eigenvalue weighted by molar-refractivity contribution is 0.432. The Kier molecular flexibility index (Phi) is 3.14. The van der Waals surface area contributed by atoms with Crippen LogP contribution in [-0.4, -0.2) is 20.1 Å². The highest BCUT2D eigenvalue weighted by atomic mass is 35.5. The zero-order valence-electron chi connectivity index (χ0n) is 9.76. The van der Waals surface area contributed by atoms with Gasteiger partial charge in [0.15, 0.2) is 0 Å². The molecule has 3 aromatic rings. The molecule has 1 N–H and O–H groups in total. The van der Waals surface area contributed by atoms with Crippen molar-refractivity contribution in [3.05, 3.63) is 40.3 Å². The first-order chi connectivity index (χ1) is 9.67. The Balaban J connectivity index is 2.00. The number of aromatic nitrogens is 4. The van der Waals surface area contributed by atoms with Gasteiger partial charge in [-0.05, 0) is 12.1 Å². The fourth-order valence-corrected chi connectivity index (χ4v) is 2.06. The number of aromatic amines is 1. The molecule has 0 aromatic carbocycles. The second kappa shape index (κ2) is 4.96. The van der Waals surface area contributed by atoms with Crippen LogP contribution in [0, 0.1) is 11.3 Å². The highest BCUT2D eigenvalue weighted by Crippen LogP contribution is 2.27. The van der Waals surface area contributed by atoms with Crippen molar-refractivity contribution in [2.24, 2.45) is 0 Å². The highest BCUT2D eigenvalue weighted by molar-refractivity contribution is 6.35. The molecule has 0 aliphatic rings. The molecule has 0 spiro atoms. The van der Waals surface area contributed by atoms with Crippen LogP contribution in [0.2, 0.25) is 10.0 Å². The van der Waals surface area contributed by atoms with E-state index in [9.17, 15) is 0 Å². The Bertz CT molecular complexity index is 817. The minimum atomic E-state index is 0.251. The fraction of sp³-hybridized carbons (Fsp3) is 0. The Labute approximate surface area is 123 Å². The van der Waals surface area contributed by atoms with Gasteiger partial charge in [0.1, 0.15) is 17.5 Å². The maximum Gasteiger partial charge on any atom is 0.259 e. The number of nitriles is 1. The summed E-state index contributed by atoms with van der Waals surface area (Å²) in [5.74, 6) is 0.520. The summed E-state index contributed by atoms with van der Waals surface area (Å²) < 4.78 is 5.13. The van der Waals surface area contributed by atoms with Crippen molar-refractivity contribution in [1.29, 1.82) is 5.26 Å². The van der Waals surface area contributed by atoms with Crippen LogP contribution in [0.15, 0.2) is 29.0 Å². The van der Waals surface area contributed by atoms with Gasteiger partial charge >= 0.3 is 0 Å². The van der Waals surface area contributed by atoms with Gasteiger partial charge in [0.2, 0.25) is 5.82 Å². The first kappa shape index (κ1) is 12.7. The van der Waals surface area contributed by atoms with E-state index in [4.69, 9.17) is 33.0 Å². The van der Waals surface area contributed by atoms with Crippen LogP contribution in [0.3, 0.4) is 0 Å². The van der Waals surface area contributed by atoms with E-state index in [1.165, 1.54) is 6.20 Å².